The molecule has 0 aliphatic carbocycles. The number of rotatable bonds is 7. The lowest BCUT2D eigenvalue weighted by Gasteiger charge is -2.02. The van der Waals surface area contributed by atoms with E-state index in [2.05, 4.69) is 35.8 Å². The first-order valence-corrected chi connectivity index (χ1v) is 7.82. The van der Waals surface area contributed by atoms with Crippen LogP contribution in [0.2, 0.25) is 0 Å². The third kappa shape index (κ3) is 3.92. The molecule has 0 radical (unpaired) electrons. The number of nitrogens with one attached hydrogen (secondary N) is 1. The summed E-state index contributed by atoms with van der Waals surface area (Å²) in [5.74, 6) is 0. The molecule has 2 nitrogen and oxygen atoms in total. The average Bonchev–Trinajstić information content (AvgIpc) is 2.96. The lowest BCUT2D eigenvalue weighted by Crippen LogP contribution is -2.02. The number of hydrogen-bond acceptors (Lipinski definition) is 4. The topological polar surface area (TPSA) is 21.3 Å². The third-order valence-corrected chi connectivity index (χ3v) is 4.78. The highest BCUT2D eigenvalue weighted by Crippen LogP contribution is 2.22. The van der Waals surface area contributed by atoms with Gasteiger partial charge in [-0.3, -0.25) is 0 Å². The maximum Gasteiger partial charge on any atom is 0.0727 e. The van der Waals surface area contributed by atoms with Gasteiger partial charge in [-0.15, -0.1) is 22.7 Å². The molecule has 2 heterocycles. The second kappa shape index (κ2) is 7.04. The molecule has 0 saturated heterocycles. The number of hydrogen-bond donors (Lipinski definition) is 1. The van der Waals surface area contributed by atoms with Crippen molar-refractivity contribution in [3.8, 4) is 0 Å². The summed E-state index contributed by atoms with van der Waals surface area (Å²) in [6, 6.07) is 6.50. The molecule has 0 amide bonds. The molecule has 1 N–H and O–H groups in total. The number of thiophene rings is 2. The number of ether oxygens (including phenoxy) is 1. The van der Waals surface area contributed by atoms with Crippen LogP contribution in [0.1, 0.15) is 20.2 Å². The molecule has 0 aliphatic heterocycles. The Morgan fingerprint density at radius 2 is 2.22 bits per heavy atom. The van der Waals surface area contributed by atoms with Crippen LogP contribution in [0, 0.1) is 6.92 Å². The standard InChI is InChI=1S/C14H19NOS2/c1-11-12(8-14(18-11)9-15-2)10-16-6-5-13-4-3-7-17-13/h3-4,7-8,15H,5-6,9-10H2,1-2H3. The normalized spacial score (nSPS) is 11.0. The molecule has 0 unspecified atom stereocenters. The Morgan fingerprint density at radius 1 is 1.33 bits per heavy atom. The fourth-order valence-electron chi connectivity index (χ4n) is 1.80. The Hall–Kier alpha value is -0.680. The van der Waals surface area contributed by atoms with Crippen molar-refractivity contribution in [2.75, 3.05) is 13.7 Å². The molecule has 18 heavy (non-hydrogen) atoms. The predicted octanol–water partition coefficient (Wildman–Crippen LogP) is 3.60. The Labute approximate surface area is 117 Å². The van der Waals surface area contributed by atoms with Crippen LogP contribution in [0.25, 0.3) is 0 Å². The van der Waals surface area contributed by atoms with Crippen molar-refractivity contribution in [2.24, 2.45) is 0 Å². The Balaban J connectivity index is 1.75. The first-order chi connectivity index (χ1) is 8.79. The third-order valence-electron chi connectivity index (χ3n) is 2.75. The largest absolute Gasteiger partial charge is 0.376 e. The van der Waals surface area contributed by atoms with Gasteiger partial charge < -0.3 is 10.1 Å². The molecule has 4 heteroatoms. The van der Waals surface area contributed by atoms with E-state index in [0.29, 0.717) is 0 Å². The molecular weight excluding hydrogens is 262 g/mol. The van der Waals surface area contributed by atoms with Crippen LogP contribution >= 0.6 is 22.7 Å². The summed E-state index contributed by atoms with van der Waals surface area (Å²) in [4.78, 5) is 4.15. The van der Waals surface area contributed by atoms with Crippen LogP contribution in [0.5, 0.6) is 0 Å². The summed E-state index contributed by atoms with van der Waals surface area (Å²) in [5.41, 5.74) is 1.33. The van der Waals surface area contributed by atoms with E-state index in [9.17, 15) is 0 Å². The zero-order valence-corrected chi connectivity index (χ0v) is 12.5. The van der Waals surface area contributed by atoms with Gasteiger partial charge in [-0.1, -0.05) is 6.07 Å². The van der Waals surface area contributed by atoms with Crippen molar-refractivity contribution < 1.29 is 4.74 Å². The van der Waals surface area contributed by atoms with Crippen LogP contribution in [0.15, 0.2) is 23.6 Å². The van der Waals surface area contributed by atoms with Gasteiger partial charge in [-0.05, 0) is 37.0 Å². The Bertz CT molecular complexity index is 462. The lowest BCUT2D eigenvalue weighted by molar-refractivity contribution is 0.124. The first-order valence-electron chi connectivity index (χ1n) is 6.12. The summed E-state index contributed by atoms with van der Waals surface area (Å²) >= 11 is 3.65. The number of aryl methyl sites for hydroxylation is 1. The highest BCUT2D eigenvalue weighted by molar-refractivity contribution is 7.12. The van der Waals surface area contributed by atoms with Crippen LogP contribution < -0.4 is 5.32 Å². The molecule has 0 bridgehead atoms. The fraction of sp³-hybridized carbons (Fsp3) is 0.429. The second-order valence-electron chi connectivity index (χ2n) is 4.21. The zero-order chi connectivity index (χ0) is 12.8. The van der Waals surface area contributed by atoms with E-state index >= 15 is 0 Å². The van der Waals surface area contributed by atoms with E-state index in [0.717, 1.165) is 26.2 Å². The van der Waals surface area contributed by atoms with Gasteiger partial charge in [0, 0.05) is 27.6 Å². The maximum absolute atomic E-state index is 5.76. The second-order valence-corrected chi connectivity index (χ2v) is 6.58. The van der Waals surface area contributed by atoms with Crippen molar-refractivity contribution in [2.45, 2.75) is 26.5 Å². The van der Waals surface area contributed by atoms with Crippen LogP contribution in [0.4, 0.5) is 0 Å². The fourth-order valence-corrected chi connectivity index (χ4v) is 3.55. The van der Waals surface area contributed by atoms with Crippen molar-refractivity contribution in [3.63, 3.8) is 0 Å². The van der Waals surface area contributed by atoms with Gasteiger partial charge in [0.25, 0.3) is 0 Å². The molecule has 98 valence electrons. The Kier molecular flexibility index (Phi) is 5.38. The van der Waals surface area contributed by atoms with Gasteiger partial charge in [-0.25, -0.2) is 0 Å². The molecule has 0 fully saturated rings. The van der Waals surface area contributed by atoms with Gasteiger partial charge in [-0.2, -0.15) is 0 Å². The highest BCUT2D eigenvalue weighted by atomic mass is 32.1. The minimum atomic E-state index is 0.734. The van der Waals surface area contributed by atoms with Crippen molar-refractivity contribution >= 4 is 22.7 Å². The van der Waals surface area contributed by atoms with Gasteiger partial charge in [0.05, 0.1) is 13.2 Å². The molecule has 0 aromatic carbocycles. The summed E-state index contributed by atoms with van der Waals surface area (Å²) in [6.07, 6.45) is 1.02. The predicted molar refractivity (Wildman–Crippen MR) is 79.5 cm³/mol. The van der Waals surface area contributed by atoms with Gasteiger partial charge >= 0.3 is 0 Å². The smallest absolute Gasteiger partial charge is 0.0727 e. The van der Waals surface area contributed by atoms with Gasteiger partial charge in [0.2, 0.25) is 0 Å². The van der Waals surface area contributed by atoms with Crippen molar-refractivity contribution in [1.82, 2.24) is 5.32 Å². The quantitative estimate of drug-likeness (QED) is 0.783. The Morgan fingerprint density at radius 3 is 2.94 bits per heavy atom. The van der Waals surface area contributed by atoms with Crippen molar-refractivity contribution in [1.29, 1.82) is 0 Å². The zero-order valence-electron chi connectivity index (χ0n) is 10.9. The summed E-state index contributed by atoms with van der Waals surface area (Å²) in [5, 5.41) is 5.29. The van der Waals surface area contributed by atoms with Gasteiger partial charge in [0.1, 0.15) is 0 Å². The molecule has 2 aromatic heterocycles. The molecular formula is C14H19NOS2. The van der Waals surface area contributed by atoms with E-state index in [1.54, 1.807) is 11.3 Å². The van der Waals surface area contributed by atoms with Crippen molar-refractivity contribution in [3.05, 3.63) is 43.8 Å². The summed E-state index contributed by atoms with van der Waals surface area (Å²) in [6.45, 7) is 4.65. The highest BCUT2D eigenvalue weighted by Gasteiger charge is 2.05. The van der Waals surface area contributed by atoms with Crippen LogP contribution in [-0.4, -0.2) is 13.7 Å². The van der Waals surface area contributed by atoms with E-state index in [1.807, 2.05) is 18.4 Å². The van der Waals surface area contributed by atoms with E-state index in [4.69, 9.17) is 4.74 Å². The minimum absolute atomic E-state index is 0.734. The van der Waals surface area contributed by atoms with Gasteiger partial charge in [0.15, 0.2) is 0 Å². The summed E-state index contributed by atoms with van der Waals surface area (Å²) in [7, 11) is 1.98. The van der Waals surface area contributed by atoms with E-state index in [-0.39, 0.29) is 0 Å². The summed E-state index contributed by atoms with van der Waals surface area (Å²) < 4.78 is 5.76. The van der Waals surface area contributed by atoms with E-state index < -0.39 is 0 Å². The van der Waals surface area contributed by atoms with Crippen LogP contribution in [0.3, 0.4) is 0 Å². The molecule has 2 rings (SSSR count). The maximum atomic E-state index is 5.76. The van der Waals surface area contributed by atoms with E-state index in [1.165, 1.54) is 20.2 Å². The average molecular weight is 281 g/mol. The molecule has 0 aliphatic rings. The molecule has 0 spiro atoms. The first kappa shape index (κ1) is 13.7. The molecule has 0 saturated carbocycles. The SMILES string of the molecule is CNCc1cc(COCCc2cccs2)c(C)s1. The monoisotopic (exact) mass is 281 g/mol. The van der Waals surface area contributed by atoms with Crippen LogP contribution in [-0.2, 0) is 24.3 Å². The molecule has 2 aromatic rings. The lowest BCUT2D eigenvalue weighted by atomic mass is 10.2. The minimum Gasteiger partial charge on any atom is -0.376 e. The molecule has 0 atom stereocenters.